The van der Waals surface area contributed by atoms with Gasteiger partial charge in [-0.15, -0.1) is 5.10 Å². The summed E-state index contributed by atoms with van der Waals surface area (Å²) in [5.41, 5.74) is 2.79. The molecular weight excluding hydrogens is 612 g/mol. The van der Waals surface area contributed by atoms with Crippen molar-refractivity contribution < 1.29 is 18.9 Å². The van der Waals surface area contributed by atoms with Crippen LogP contribution in [0.25, 0.3) is 11.1 Å². The molecule has 48 heavy (non-hydrogen) atoms. The van der Waals surface area contributed by atoms with Gasteiger partial charge in [0.2, 0.25) is 5.95 Å². The Kier molecular flexibility index (Phi) is 9.37. The van der Waals surface area contributed by atoms with Crippen LogP contribution in [0, 0.1) is 11.3 Å². The maximum Gasteiger partial charge on any atom is 0.256 e. The number of benzene rings is 1. The zero-order valence-corrected chi connectivity index (χ0v) is 27.2. The van der Waals surface area contributed by atoms with Gasteiger partial charge in [-0.2, -0.15) is 10.4 Å². The minimum Gasteiger partial charge on any atom is -0.494 e. The summed E-state index contributed by atoms with van der Waals surface area (Å²) < 4.78 is 26.8. The Morgan fingerprint density at radius 3 is 2.62 bits per heavy atom. The molecule has 0 amide bonds. The molecule has 7 rings (SSSR count). The van der Waals surface area contributed by atoms with Gasteiger partial charge in [-0.25, -0.2) is 19.6 Å². The van der Waals surface area contributed by atoms with E-state index in [1.54, 1.807) is 36.6 Å². The Bertz CT molecular complexity index is 1740. The number of nitrogens with one attached hydrogen (secondary N) is 1. The van der Waals surface area contributed by atoms with Crippen molar-refractivity contribution >= 4 is 11.6 Å². The third-order valence-electron chi connectivity index (χ3n) is 9.08. The second kappa shape index (κ2) is 14.3. The Morgan fingerprint density at radius 1 is 1.08 bits per heavy atom. The van der Waals surface area contributed by atoms with Crippen molar-refractivity contribution in [3.63, 3.8) is 0 Å². The fourth-order valence-corrected chi connectivity index (χ4v) is 6.66. The number of rotatable bonds is 14. The van der Waals surface area contributed by atoms with Crippen molar-refractivity contribution in [3.05, 3.63) is 67.0 Å². The molecule has 2 bridgehead atoms. The Hall–Kier alpha value is -5.16. The maximum atomic E-state index is 9.67. The average molecular weight is 653 g/mol. The Labute approximate surface area is 279 Å². The molecule has 1 N–H and O–H groups in total. The van der Waals surface area contributed by atoms with E-state index in [0.29, 0.717) is 55.0 Å². The van der Waals surface area contributed by atoms with Crippen LogP contribution in [-0.2, 0) is 16.0 Å². The number of fused-ring (bicyclic) bond motifs is 2. The van der Waals surface area contributed by atoms with E-state index in [1.165, 1.54) is 6.33 Å². The van der Waals surface area contributed by atoms with Crippen LogP contribution < -0.4 is 14.8 Å². The van der Waals surface area contributed by atoms with E-state index in [4.69, 9.17) is 24.0 Å². The summed E-state index contributed by atoms with van der Waals surface area (Å²) in [6.07, 6.45) is 16.7. The molecule has 4 aromatic rings. The molecule has 2 aliphatic heterocycles. The van der Waals surface area contributed by atoms with Crippen LogP contribution in [0.3, 0.4) is 0 Å². The van der Waals surface area contributed by atoms with Crippen LogP contribution in [0.4, 0.5) is 11.6 Å². The summed E-state index contributed by atoms with van der Waals surface area (Å²) in [6, 6.07) is 9.01. The Balaban J connectivity index is 1.03. The largest absolute Gasteiger partial charge is 0.494 e. The van der Waals surface area contributed by atoms with E-state index in [9.17, 15) is 5.26 Å². The topological polar surface area (TPSA) is 150 Å². The van der Waals surface area contributed by atoms with Crippen molar-refractivity contribution in [1.29, 1.82) is 5.26 Å². The smallest absolute Gasteiger partial charge is 0.256 e. The standard InChI is InChI=1S/C34H40N10O4/c1-23(17-42-22-36-21-39-42)48-32-12-24(4-5-25(32)14-35)26-15-37-34(38-16-26)40-31-19-44(41-33(31)46-11-3-10-45-2)28-8-6-27(7-9-28)43-18-30-13-29(43)20-47-30/h4-5,12,15-16,18-19,21-23,27-29H,3,6-11,13,17,20H2,1-2H3,(H,37,38,40)/t23-,27-,28-,29+/m0/s1. The molecule has 1 saturated heterocycles. The van der Waals surface area contributed by atoms with Gasteiger partial charge in [0.05, 0.1) is 37.0 Å². The normalized spacial score (nSPS) is 20.6. The lowest BCUT2D eigenvalue weighted by Crippen LogP contribution is -2.41. The van der Waals surface area contributed by atoms with Gasteiger partial charge < -0.3 is 29.2 Å². The van der Waals surface area contributed by atoms with Crippen LogP contribution in [-0.4, -0.2) is 84.5 Å². The van der Waals surface area contributed by atoms with E-state index >= 15 is 0 Å². The minimum atomic E-state index is -0.230. The first-order chi connectivity index (χ1) is 23.6. The molecule has 1 aromatic carbocycles. The van der Waals surface area contributed by atoms with Gasteiger partial charge in [-0.05, 0) is 50.3 Å². The lowest BCUT2D eigenvalue weighted by atomic mass is 9.90. The number of methoxy groups -OCH3 is 1. The monoisotopic (exact) mass is 652 g/mol. The zero-order valence-electron chi connectivity index (χ0n) is 27.2. The second-order valence-electron chi connectivity index (χ2n) is 12.5. The van der Waals surface area contributed by atoms with Crippen molar-refractivity contribution in [2.45, 2.75) is 76.2 Å². The molecule has 3 aromatic heterocycles. The van der Waals surface area contributed by atoms with Gasteiger partial charge in [0.25, 0.3) is 5.88 Å². The van der Waals surface area contributed by atoms with Crippen LogP contribution in [0.5, 0.6) is 11.6 Å². The van der Waals surface area contributed by atoms with Gasteiger partial charge in [-0.3, -0.25) is 4.68 Å². The predicted octanol–water partition coefficient (Wildman–Crippen LogP) is 4.86. The predicted molar refractivity (Wildman–Crippen MR) is 175 cm³/mol. The van der Waals surface area contributed by atoms with E-state index in [-0.39, 0.29) is 12.1 Å². The van der Waals surface area contributed by atoms with Gasteiger partial charge in [0.1, 0.15) is 48.6 Å². The fourth-order valence-electron chi connectivity index (χ4n) is 6.66. The van der Waals surface area contributed by atoms with Crippen LogP contribution >= 0.6 is 0 Å². The lowest BCUT2D eigenvalue weighted by molar-refractivity contribution is 0.106. The summed E-state index contributed by atoms with van der Waals surface area (Å²) in [6.45, 7) is 4.34. The first kappa shape index (κ1) is 31.4. The summed E-state index contributed by atoms with van der Waals surface area (Å²) >= 11 is 0. The molecule has 0 radical (unpaired) electrons. The quantitative estimate of drug-likeness (QED) is 0.185. The molecule has 3 aliphatic rings. The molecule has 0 spiro atoms. The van der Waals surface area contributed by atoms with Crippen LogP contribution in [0.1, 0.15) is 57.1 Å². The highest BCUT2D eigenvalue weighted by Crippen LogP contribution is 2.39. The zero-order chi connectivity index (χ0) is 32.9. The third kappa shape index (κ3) is 7.06. The molecule has 5 heterocycles. The first-order valence-corrected chi connectivity index (χ1v) is 16.5. The molecule has 250 valence electrons. The van der Waals surface area contributed by atoms with E-state index in [2.05, 4.69) is 42.5 Å². The van der Waals surface area contributed by atoms with Gasteiger partial charge in [0.15, 0.2) is 0 Å². The van der Waals surface area contributed by atoms with Gasteiger partial charge >= 0.3 is 0 Å². The van der Waals surface area contributed by atoms with Gasteiger partial charge in [-0.1, -0.05) is 6.07 Å². The molecule has 1 saturated carbocycles. The molecule has 2 fully saturated rings. The number of hydrogen-bond acceptors (Lipinski definition) is 12. The minimum absolute atomic E-state index is 0.230. The van der Waals surface area contributed by atoms with Crippen molar-refractivity contribution in [1.82, 2.24) is 39.4 Å². The molecular formula is C34H40N10O4. The number of hydrogen-bond donors (Lipinski definition) is 1. The lowest BCUT2D eigenvalue weighted by Gasteiger charge is -2.38. The Morgan fingerprint density at radius 2 is 1.92 bits per heavy atom. The molecule has 0 unspecified atom stereocenters. The first-order valence-electron chi connectivity index (χ1n) is 16.5. The highest BCUT2D eigenvalue weighted by molar-refractivity contribution is 5.67. The van der Waals surface area contributed by atoms with E-state index < -0.39 is 0 Å². The average Bonchev–Trinajstić information content (AvgIpc) is 3.94. The van der Waals surface area contributed by atoms with E-state index in [0.717, 1.165) is 67.7 Å². The summed E-state index contributed by atoms with van der Waals surface area (Å²) in [7, 11) is 1.68. The number of ether oxygens (including phenoxy) is 4. The van der Waals surface area contributed by atoms with Crippen LogP contribution in [0.15, 0.2) is 61.4 Å². The molecule has 1 aliphatic carbocycles. The highest BCUT2D eigenvalue weighted by Gasteiger charge is 2.38. The number of nitrogens with zero attached hydrogens (tertiary/aromatic N) is 9. The SMILES string of the molecule is COCCCOc1nn([C@H]2CC[C@H](N3C=C4C[C@@H]3CO4)CC2)cc1Nc1ncc(-c2ccc(C#N)c(O[C@@H](C)Cn3cncn3)c2)cn1. The number of anilines is 2. The molecule has 14 heteroatoms. The maximum absolute atomic E-state index is 9.67. The number of nitriles is 1. The van der Waals surface area contributed by atoms with Crippen LogP contribution in [0.2, 0.25) is 0 Å². The molecule has 14 nitrogen and oxygen atoms in total. The van der Waals surface area contributed by atoms with E-state index in [1.807, 2.05) is 29.9 Å². The summed E-state index contributed by atoms with van der Waals surface area (Å²) in [5, 5.41) is 22.0. The third-order valence-corrected chi connectivity index (χ3v) is 9.08. The van der Waals surface area contributed by atoms with Gasteiger partial charge in [0, 0.05) is 56.8 Å². The fraction of sp³-hybridized carbons (Fsp3) is 0.471. The summed E-state index contributed by atoms with van der Waals surface area (Å²) in [4.78, 5) is 15.7. The van der Waals surface area contributed by atoms with Crippen molar-refractivity contribution in [2.75, 3.05) is 32.2 Å². The van der Waals surface area contributed by atoms with Crippen molar-refractivity contribution in [2.24, 2.45) is 0 Å². The summed E-state index contributed by atoms with van der Waals surface area (Å²) in [5.74, 6) is 2.57. The number of aromatic nitrogens is 7. The molecule has 2 atom stereocenters. The van der Waals surface area contributed by atoms with Crippen molar-refractivity contribution in [3.8, 4) is 28.8 Å². The second-order valence-corrected chi connectivity index (χ2v) is 12.5. The highest BCUT2D eigenvalue weighted by atomic mass is 16.5.